The molecule has 23 heavy (non-hydrogen) atoms. The monoisotopic (exact) mass is 356 g/mol. The molecule has 0 saturated carbocycles. The van der Waals surface area contributed by atoms with Gasteiger partial charge in [-0.3, -0.25) is 4.90 Å². The van der Waals surface area contributed by atoms with Gasteiger partial charge in [0.1, 0.15) is 0 Å². The topological polar surface area (TPSA) is 40.6 Å². The van der Waals surface area contributed by atoms with Crippen molar-refractivity contribution >= 4 is 22.4 Å². The van der Waals surface area contributed by atoms with Crippen LogP contribution >= 0.6 is 12.4 Å². The molecule has 0 N–H and O–H groups in total. The Morgan fingerprint density at radius 2 is 1.96 bits per heavy atom. The lowest BCUT2D eigenvalue weighted by Crippen LogP contribution is -2.57. The highest BCUT2D eigenvalue weighted by Crippen LogP contribution is 2.43. The standard InChI is InChI=1S/C17H24N2O2S.ClH/c1-22(20,21)19-9-4-6-14-12-18-10-8-13-5-2-3-7-15(13)17(18)11-16(14)19;/h2-3,5,7,14,16-17H,4,6,8-12H2,1H3;1H/t14-,16+,17+;/m1./s1. The molecule has 3 aliphatic rings. The zero-order chi connectivity index (χ0) is 15.3. The fraction of sp³-hybridized carbons (Fsp3) is 0.647. The van der Waals surface area contributed by atoms with E-state index in [4.69, 9.17) is 0 Å². The summed E-state index contributed by atoms with van der Waals surface area (Å²) < 4.78 is 26.1. The van der Waals surface area contributed by atoms with E-state index >= 15 is 0 Å². The van der Waals surface area contributed by atoms with Crippen LogP contribution in [0.25, 0.3) is 0 Å². The zero-order valence-electron chi connectivity index (χ0n) is 13.5. The summed E-state index contributed by atoms with van der Waals surface area (Å²) in [7, 11) is -3.10. The second-order valence-electron chi connectivity index (χ2n) is 7.04. The Bertz CT molecular complexity index is 679. The van der Waals surface area contributed by atoms with Crippen LogP contribution in [-0.4, -0.2) is 49.6 Å². The average molecular weight is 357 g/mol. The molecule has 1 aromatic carbocycles. The van der Waals surface area contributed by atoms with E-state index in [1.54, 1.807) is 4.31 Å². The van der Waals surface area contributed by atoms with Gasteiger partial charge in [0.15, 0.2) is 0 Å². The van der Waals surface area contributed by atoms with Crippen LogP contribution < -0.4 is 0 Å². The van der Waals surface area contributed by atoms with Crippen LogP contribution in [0, 0.1) is 5.92 Å². The third-order valence-electron chi connectivity index (χ3n) is 5.75. The molecule has 0 spiro atoms. The van der Waals surface area contributed by atoms with E-state index in [-0.39, 0.29) is 18.4 Å². The molecule has 0 amide bonds. The third kappa shape index (κ3) is 3.04. The molecule has 2 fully saturated rings. The van der Waals surface area contributed by atoms with Gasteiger partial charge in [0.2, 0.25) is 10.0 Å². The van der Waals surface area contributed by atoms with Crippen molar-refractivity contribution in [1.29, 1.82) is 0 Å². The van der Waals surface area contributed by atoms with Gasteiger partial charge in [0.25, 0.3) is 0 Å². The maximum absolute atomic E-state index is 12.2. The summed E-state index contributed by atoms with van der Waals surface area (Å²) in [5.74, 6) is 0.505. The first-order chi connectivity index (χ1) is 10.5. The Morgan fingerprint density at radius 3 is 2.74 bits per heavy atom. The van der Waals surface area contributed by atoms with Crippen molar-refractivity contribution in [2.45, 2.75) is 37.8 Å². The zero-order valence-corrected chi connectivity index (χ0v) is 15.2. The lowest BCUT2D eigenvalue weighted by atomic mass is 9.77. The van der Waals surface area contributed by atoms with E-state index in [0.29, 0.717) is 18.5 Å². The number of piperidine rings is 2. The Labute approximate surface area is 145 Å². The molecule has 0 aromatic heterocycles. The fourth-order valence-electron chi connectivity index (χ4n) is 4.77. The smallest absolute Gasteiger partial charge is 0.211 e. The van der Waals surface area contributed by atoms with Gasteiger partial charge in [0, 0.05) is 31.7 Å². The Balaban J connectivity index is 0.00000156. The van der Waals surface area contributed by atoms with Gasteiger partial charge in [-0.2, -0.15) is 4.31 Å². The summed E-state index contributed by atoms with van der Waals surface area (Å²) in [4.78, 5) is 2.59. The van der Waals surface area contributed by atoms with E-state index in [2.05, 4.69) is 29.2 Å². The molecule has 0 unspecified atom stereocenters. The lowest BCUT2D eigenvalue weighted by molar-refractivity contribution is 0.0222. The van der Waals surface area contributed by atoms with Crippen molar-refractivity contribution in [3.05, 3.63) is 35.4 Å². The van der Waals surface area contributed by atoms with E-state index in [9.17, 15) is 8.42 Å². The SMILES string of the molecule is CS(=O)(=O)N1CCC[C@@H]2CN3CCc4ccccc4[C@@H]3C[C@@H]21.Cl. The number of hydrogen-bond donors (Lipinski definition) is 0. The van der Waals surface area contributed by atoms with E-state index < -0.39 is 10.0 Å². The second-order valence-corrected chi connectivity index (χ2v) is 8.97. The molecular weight excluding hydrogens is 332 g/mol. The first kappa shape index (κ1) is 17.2. The minimum atomic E-state index is -3.10. The minimum Gasteiger partial charge on any atom is -0.296 e. The summed E-state index contributed by atoms with van der Waals surface area (Å²) >= 11 is 0. The minimum absolute atomic E-state index is 0. The molecule has 1 aromatic rings. The Kier molecular flexibility index (Phi) is 4.76. The van der Waals surface area contributed by atoms with Crippen LogP contribution in [0.15, 0.2) is 24.3 Å². The first-order valence-corrected chi connectivity index (χ1v) is 10.2. The molecule has 4 nitrogen and oxygen atoms in total. The van der Waals surface area contributed by atoms with Gasteiger partial charge < -0.3 is 0 Å². The van der Waals surface area contributed by atoms with E-state index in [0.717, 1.165) is 32.4 Å². The van der Waals surface area contributed by atoms with Crippen LogP contribution in [0.5, 0.6) is 0 Å². The number of rotatable bonds is 1. The Hall–Kier alpha value is -0.620. The van der Waals surface area contributed by atoms with Gasteiger partial charge in [-0.05, 0) is 42.7 Å². The molecule has 0 radical (unpaired) electrons. The summed E-state index contributed by atoms with van der Waals surface area (Å²) in [5, 5.41) is 0. The number of hydrogen-bond acceptors (Lipinski definition) is 3. The van der Waals surface area contributed by atoms with Gasteiger partial charge in [0.05, 0.1) is 6.26 Å². The fourth-order valence-corrected chi connectivity index (χ4v) is 5.98. The maximum atomic E-state index is 12.2. The van der Waals surface area contributed by atoms with E-state index in [1.807, 2.05) is 0 Å². The number of fused-ring (bicyclic) bond motifs is 4. The van der Waals surface area contributed by atoms with Crippen molar-refractivity contribution in [2.24, 2.45) is 5.92 Å². The summed E-state index contributed by atoms with van der Waals surface area (Å²) in [6.45, 7) is 2.87. The largest absolute Gasteiger partial charge is 0.296 e. The molecule has 2 saturated heterocycles. The van der Waals surface area contributed by atoms with Crippen LogP contribution in [0.4, 0.5) is 0 Å². The van der Waals surface area contributed by atoms with Gasteiger partial charge >= 0.3 is 0 Å². The predicted octanol–water partition coefficient (Wildman–Crippen LogP) is 2.45. The van der Waals surface area contributed by atoms with E-state index in [1.165, 1.54) is 23.8 Å². The molecular formula is C17H25ClN2O2S. The normalized spacial score (nSPS) is 31.4. The quantitative estimate of drug-likeness (QED) is 0.776. The number of nitrogens with zero attached hydrogens (tertiary/aromatic N) is 2. The average Bonchev–Trinajstić information content (AvgIpc) is 2.51. The first-order valence-electron chi connectivity index (χ1n) is 8.33. The van der Waals surface area contributed by atoms with Gasteiger partial charge in [-0.25, -0.2) is 8.42 Å². The van der Waals surface area contributed by atoms with Crippen molar-refractivity contribution in [2.75, 3.05) is 25.9 Å². The highest BCUT2D eigenvalue weighted by molar-refractivity contribution is 7.88. The highest BCUT2D eigenvalue weighted by Gasteiger charge is 2.44. The molecule has 0 bridgehead atoms. The molecule has 3 atom stereocenters. The lowest BCUT2D eigenvalue weighted by Gasteiger charge is -2.51. The highest BCUT2D eigenvalue weighted by atomic mass is 35.5. The third-order valence-corrected chi connectivity index (χ3v) is 7.06. The maximum Gasteiger partial charge on any atom is 0.211 e. The number of halogens is 1. The van der Waals surface area contributed by atoms with Gasteiger partial charge in [-0.1, -0.05) is 24.3 Å². The van der Waals surface area contributed by atoms with Crippen molar-refractivity contribution < 1.29 is 8.42 Å². The summed E-state index contributed by atoms with van der Waals surface area (Å²) in [6, 6.07) is 9.28. The molecule has 3 heterocycles. The van der Waals surface area contributed by atoms with Crippen molar-refractivity contribution in [1.82, 2.24) is 9.21 Å². The summed E-state index contributed by atoms with van der Waals surface area (Å²) in [6.07, 6.45) is 5.62. The van der Waals surface area contributed by atoms with Crippen molar-refractivity contribution in [3.63, 3.8) is 0 Å². The van der Waals surface area contributed by atoms with Gasteiger partial charge in [-0.15, -0.1) is 12.4 Å². The van der Waals surface area contributed by atoms with Crippen molar-refractivity contribution in [3.8, 4) is 0 Å². The molecule has 0 aliphatic carbocycles. The number of benzene rings is 1. The van der Waals surface area contributed by atoms with Crippen LogP contribution in [0.2, 0.25) is 0 Å². The Morgan fingerprint density at radius 1 is 1.17 bits per heavy atom. The molecule has 3 aliphatic heterocycles. The summed E-state index contributed by atoms with van der Waals surface area (Å²) in [5.41, 5.74) is 2.87. The number of sulfonamides is 1. The second kappa shape index (κ2) is 6.36. The van der Waals surface area contributed by atoms with Crippen LogP contribution in [0.1, 0.15) is 36.4 Å². The predicted molar refractivity (Wildman–Crippen MR) is 94.4 cm³/mol. The van der Waals surface area contributed by atoms with Crippen LogP contribution in [-0.2, 0) is 16.4 Å². The molecule has 6 heteroatoms. The molecule has 128 valence electrons. The molecule has 4 rings (SSSR count). The van der Waals surface area contributed by atoms with Crippen LogP contribution in [0.3, 0.4) is 0 Å².